The normalized spacial score (nSPS) is 36.3. The van der Waals surface area contributed by atoms with Crippen molar-refractivity contribution in [1.29, 1.82) is 0 Å². The number of nitrogens with two attached hydrogens (primary N) is 1. The van der Waals surface area contributed by atoms with Crippen molar-refractivity contribution in [1.82, 2.24) is 5.01 Å². The van der Waals surface area contributed by atoms with Crippen LogP contribution in [0.15, 0.2) is 0 Å². The number of rotatable bonds is 1. The van der Waals surface area contributed by atoms with E-state index >= 15 is 0 Å². The van der Waals surface area contributed by atoms with Gasteiger partial charge in [0.15, 0.2) is 0 Å². The van der Waals surface area contributed by atoms with Gasteiger partial charge in [0.25, 0.3) is 0 Å². The highest BCUT2D eigenvalue weighted by Gasteiger charge is 2.22. The number of β-amino-alcohol motifs (C(OH)–C–C–N with tert-alkyl or cyclic N) is 1. The van der Waals surface area contributed by atoms with E-state index < -0.39 is 0 Å². The average molecular weight is 144 g/mol. The highest BCUT2D eigenvalue weighted by molar-refractivity contribution is 4.74. The molecule has 0 aromatic rings. The molecule has 1 fully saturated rings. The van der Waals surface area contributed by atoms with Crippen LogP contribution in [0.1, 0.15) is 19.8 Å². The number of aliphatic hydroxyl groups excluding tert-OH is 1. The van der Waals surface area contributed by atoms with E-state index in [9.17, 15) is 5.11 Å². The fourth-order valence-corrected chi connectivity index (χ4v) is 1.51. The predicted octanol–water partition coefficient (Wildman–Crippen LogP) is -0.0471. The number of hydrazine groups is 1. The molecule has 60 valence electrons. The monoisotopic (exact) mass is 144 g/mol. The minimum Gasteiger partial charge on any atom is -0.392 e. The second kappa shape index (κ2) is 3.32. The Morgan fingerprint density at radius 2 is 2.30 bits per heavy atom. The van der Waals surface area contributed by atoms with E-state index in [4.69, 9.17) is 5.84 Å². The molecule has 1 aliphatic heterocycles. The van der Waals surface area contributed by atoms with Gasteiger partial charge < -0.3 is 5.11 Å². The molecule has 1 saturated heterocycles. The third kappa shape index (κ3) is 1.94. The lowest BCUT2D eigenvalue weighted by molar-refractivity contribution is 0.0387. The average Bonchev–Trinajstić information content (AvgIpc) is 1.85. The number of aliphatic hydroxyl groups is 1. The topological polar surface area (TPSA) is 49.5 Å². The molecule has 0 aromatic carbocycles. The number of nitrogens with zero attached hydrogens (tertiary/aromatic N) is 1. The Morgan fingerprint density at radius 3 is 2.80 bits per heavy atom. The molecule has 0 saturated carbocycles. The number of hydrogen-bond acceptors (Lipinski definition) is 3. The SMILES string of the molecule is CC[C@H]1C[C@H](O)CN(N)C1. The summed E-state index contributed by atoms with van der Waals surface area (Å²) in [5.74, 6) is 6.16. The van der Waals surface area contributed by atoms with Crippen molar-refractivity contribution >= 4 is 0 Å². The van der Waals surface area contributed by atoms with E-state index in [-0.39, 0.29) is 6.10 Å². The van der Waals surface area contributed by atoms with Crippen LogP contribution < -0.4 is 5.84 Å². The zero-order chi connectivity index (χ0) is 7.56. The predicted molar refractivity (Wildman–Crippen MR) is 40.2 cm³/mol. The highest BCUT2D eigenvalue weighted by atomic mass is 16.3. The van der Waals surface area contributed by atoms with E-state index in [1.54, 1.807) is 5.01 Å². The van der Waals surface area contributed by atoms with Gasteiger partial charge in [0.2, 0.25) is 0 Å². The summed E-state index contributed by atoms with van der Waals surface area (Å²) in [6, 6.07) is 0. The van der Waals surface area contributed by atoms with E-state index in [1.165, 1.54) is 0 Å². The summed E-state index contributed by atoms with van der Waals surface area (Å²) >= 11 is 0. The van der Waals surface area contributed by atoms with Gasteiger partial charge in [-0.25, -0.2) is 5.01 Å². The minimum atomic E-state index is -0.205. The Balaban J connectivity index is 2.35. The van der Waals surface area contributed by atoms with Gasteiger partial charge in [-0.05, 0) is 12.3 Å². The molecule has 10 heavy (non-hydrogen) atoms. The molecule has 3 heteroatoms. The maximum atomic E-state index is 9.26. The summed E-state index contributed by atoms with van der Waals surface area (Å²) in [6.45, 7) is 3.71. The molecule has 0 radical (unpaired) electrons. The van der Waals surface area contributed by atoms with Gasteiger partial charge >= 0.3 is 0 Å². The van der Waals surface area contributed by atoms with Gasteiger partial charge in [-0.1, -0.05) is 13.3 Å². The molecule has 0 spiro atoms. The van der Waals surface area contributed by atoms with Gasteiger partial charge in [0, 0.05) is 13.1 Å². The summed E-state index contributed by atoms with van der Waals surface area (Å²) in [6.07, 6.45) is 1.83. The molecular formula is C7H16N2O. The Morgan fingerprint density at radius 1 is 1.60 bits per heavy atom. The second-order valence-corrected chi connectivity index (χ2v) is 3.12. The zero-order valence-corrected chi connectivity index (χ0v) is 6.45. The fraction of sp³-hybridized carbons (Fsp3) is 1.00. The first-order valence-electron chi connectivity index (χ1n) is 3.90. The zero-order valence-electron chi connectivity index (χ0n) is 6.45. The third-order valence-electron chi connectivity index (χ3n) is 2.12. The maximum absolute atomic E-state index is 9.26. The molecule has 1 aliphatic rings. The quantitative estimate of drug-likeness (QED) is 0.507. The minimum absolute atomic E-state index is 0.205. The van der Waals surface area contributed by atoms with Crippen LogP contribution in [0.5, 0.6) is 0 Å². The number of piperidine rings is 1. The van der Waals surface area contributed by atoms with Crippen LogP contribution in [0, 0.1) is 5.92 Å². The first-order chi connectivity index (χ1) is 4.72. The van der Waals surface area contributed by atoms with Crippen LogP contribution >= 0.6 is 0 Å². The van der Waals surface area contributed by atoms with E-state index in [0.717, 1.165) is 19.4 Å². The Labute approximate surface area is 61.8 Å². The lowest BCUT2D eigenvalue weighted by atomic mass is 9.95. The van der Waals surface area contributed by atoms with Gasteiger partial charge in [-0.15, -0.1) is 0 Å². The standard InChI is InChI=1S/C7H16N2O/c1-2-6-3-7(10)5-9(8)4-6/h6-7,10H,2-5,8H2,1H3/t6-,7-/m0/s1. The number of hydrogen-bond donors (Lipinski definition) is 2. The van der Waals surface area contributed by atoms with Gasteiger partial charge in [-0.2, -0.15) is 0 Å². The van der Waals surface area contributed by atoms with Crippen LogP contribution in [0.2, 0.25) is 0 Å². The van der Waals surface area contributed by atoms with Crippen LogP contribution in [0.3, 0.4) is 0 Å². The van der Waals surface area contributed by atoms with Crippen LogP contribution in [-0.4, -0.2) is 29.3 Å². The van der Waals surface area contributed by atoms with Gasteiger partial charge in [0.05, 0.1) is 6.10 Å². The molecule has 2 atom stereocenters. The summed E-state index contributed by atoms with van der Waals surface area (Å²) in [4.78, 5) is 0. The van der Waals surface area contributed by atoms with Crippen molar-refractivity contribution < 1.29 is 5.11 Å². The first-order valence-corrected chi connectivity index (χ1v) is 3.90. The van der Waals surface area contributed by atoms with Crippen LogP contribution in [-0.2, 0) is 0 Å². The van der Waals surface area contributed by atoms with Gasteiger partial charge in [0.1, 0.15) is 0 Å². The summed E-state index contributed by atoms with van der Waals surface area (Å²) in [5, 5.41) is 11.0. The molecular weight excluding hydrogens is 128 g/mol. The van der Waals surface area contributed by atoms with Crippen LogP contribution in [0.4, 0.5) is 0 Å². The largest absolute Gasteiger partial charge is 0.392 e. The molecule has 0 bridgehead atoms. The Bertz CT molecular complexity index is 97.8. The molecule has 1 heterocycles. The summed E-state index contributed by atoms with van der Waals surface area (Å²) in [5.41, 5.74) is 0. The molecule has 0 aromatic heterocycles. The van der Waals surface area contributed by atoms with Crippen molar-refractivity contribution in [2.45, 2.75) is 25.9 Å². The van der Waals surface area contributed by atoms with E-state index in [1.807, 2.05) is 0 Å². The maximum Gasteiger partial charge on any atom is 0.0684 e. The van der Waals surface area contributed by atoms with Crippen molar-refractivity contribution in [2.75, 3.05) is 13.1 Å². The molecule has 0 aliphatic carbocycles. The molecule has 0 unspecified atom stereocenters. The summed E-state index contributed by atoms with van der Waals surface area (Å²) in [7, 11) is 0. The molecule has 1 rings (SSSR count). The van der Waals surface area contributed by atoms with Crippen molar-refractivity contribution in [3.8, 4) is 0 Å². The molecule has 3 N–H and O–H groups in total. The van der Waals surface area contributed by atoms with Crippen molar-refractivity contribution in [3.05, 3.63) is 0 Å². The van der Waals surface area contributed by atoms with E-state index in [2.05, 4.69) is 6.92 Å². The van der Waals surface area contributed by atoms with Crippen molar-refractivity contribution in [3.63, 3.8) is 0 Å². The highest BCUT2D eigenvalue weighted by Crippen LogP contribution is 2.16. The first kappa shape index (κ1) is 7.98. The Kier molecular flexibility index (Phi) is 2.65. The van der Waals surface area contributed by atoms with Crippen molar-refractivity contribution in [2.24, 2.45) is 11.8 Å². The molecule has 0 amide bonds. The third-order valence-corrected chi connectivity index (χ3v) is 2.12. The van der Waals surface area contributed by atoms with Gasteiger partial charge in [-0.3, -0.25) is 5.84 Å². The van der Waals surface area contributed by atoms with Crippen LogP contribution in [0.25, 0.3) is 0 Å². The Hall–Kier alpha value is -0.120. The molecule has 3 nitrogen and oxygen atoms in total. The van der Waals surface area contributed by atoms with E-state index in [0.29, 0.717) is 12.5 Å². The fourth-order valence-electron chi connectivity index (χ4n) is 1.51. The smallest absolute Gasteiger partial charge is 0.0684 e. The summed E-state index contributed by atoms with van der Waals surface area (Å²) < 4.78 is 0. The lowest BCUT2D eigenvalue weighted by Crippen LogP contribution is -2.46. The second-order valence-electron chi connectivity index (χ2n) is 3.12. The lowest BCUT2D eigenvalue weighted by Gasteiger charge is -2.31.